The molecule has 0 spiro atoms. The number of benzene rings is 1. The average molecular weight is 393 g/mol. The summed E-state index contributed by atoms with van der Waals surface area (Å²) in [6, 6.07) is 5.46. The third-order valence-corrected chi connectivity index (χ3v) is 7.50. The Morgan fingerprint density at radius 3 is 2.65 bits per heavy atom. The highest BCUT2D eigenvalue weighted by molar-refractivity contribution is 8.69. The molecule has 1 atom stereocenters. The number of amidine groups is 1. The van der Waals surface area contributed by atoms with Gasteiger partial charge in [0.1, 0.15) is 5.76 Å². The highest BCUT2D eigenvalue weighted by atomic mass is 35.5. The van der Waals surface area contributed by atoms with Crippen molar-refractivity contribution >= 4 is 52.2 Å². The van der Waals surface area contributed by atoms with Crippen LogP contribution in [0.5, 0.6) is 0 Å². The van der Waals surface area contributed by atoms with E-state index >= 15 is 0 Å². The van der Waals surface area contributed by atoms with Crippen molar-refractivity contribution in [3.8, 4) is 0 Å². The van der Waals surface area contributed by atoms with Gasteiger partial charge in [-0.2, -0.15) is 4.76 Å². The Hall–Kier alpha value is -1.01. The number of halogens is 1. The van der Waals surface area contributed by atoms with E-state index in [9.17, 15) is 4.79 Å². The number of esters is 1. The fourth-order valence-corrected chi connectivity index (χ4v) is 7.05. The molecular weight excluding hydrogens is 375 g/mol. The molecule has 126 valence electrons. The van der Waals surface area contributed by atoms with Crippen molar-refractivity contribution in [1.29, 1.82) is 0 Å². The summed E-state index contributed by atoms with van der Waals surface area (Å²) in [6.07, 6.45) is 1.22. The van der Waals surface area contributed by atoms with Crippen molar-refractivity contribution in [3.63, 3.8) is 0 Å². The maximum atomic E-state index is 11.3. The third-order valence-electron chi connectivity index (χ3n) is 2.41. The zero-order valence-corrected chi connectivity index (χ0v) is 16.5. The minimum atomic E-state index is -2.77. The number of hydrogen-bond acceptors (Lipinski definition) is 5. The Kier molecular flexibility index (Phi) is 7.61. The van der Waals surface area contributed by atoms with Gasteiger partial charge in [0.2, 0.25) is 0 Å². The van der Waals surface area contributed by atoms with Gasteiger partial charge in [-0.1, -0.05) is 11.6 Å². The molecule has 1 rings (SSSR count). The number of rotatable bonds is 6. The van der Waals surface area contributed by atoms with Crippen LogP contribution in [0.4, 0.5) is 0 Å². The van der Waals surface area contributed by atoms with Crippen molar-refractivity contribution < 1.29 is 14.1 Å². The molecule has 1 unspecified atom stereocenters. The summed E-state index contributed by atoms with van der Waals surface area (Å²) in [5.41, 5.74) is 3.87. The molecule has 5 nitrogen and oxygen atoms in total. The predicted molar refractivity (Wildman–Crippen MR) is 100 cm³/mol. The topological polar surface area (TPSA) is 73.9 Å². The molecule has 0 aromatic heterocycles. The van der Waals surface area contributed by atoms with Crippen LogP contribution in [0.15, 0.2) is 39.7 Å². The van der Waals surface area contributed by atoms with Crippen LogP contribution in [0.2, 0.25) is 5.02 Å². The molecule has 0 aliphatic heterocycles. The van der Waals surface area contributed by atoms with Crippen LogP contribution in [0.1, 0.15) is 19.4 Å². The third kappa shape index (κ3) is 6.96. The maximum Gasteiger partial charge on any atom is 0.333 e. The van der Waals surface area contributed by atoms with E-state index in [2.05, 4.69) is 9.50 Å². The van der Waals surface area contributed by atoms with Crippen LogP contribution >= 0.6 is 28.6 Å². The number of methoxy groups -OCH3 is 1. The lowest BCUT2D eigenvalue weighted by molar-refractivity contribution is -0.135. The molecule has 1 aromatic rings. The molecular formula is C14H18ClN2O3PS2. The van der Waals surface area contributed by atoms with Crippen molar-refractivity contribution in [2.24, 2.45) is 10.5 Å². The lowest BCUT2D eigenvalue weighted by atomic mass is 10.2. The molecule has 23 heavy (non-hydrogen) atoms. The minimum Gasteiger partial charge on any atom is -0.466 e. The van der Waals surface area contributed by atoms with Crippen molar-refractivity contribution in [1.82, 2.24) is 0 Å². The van der Waals surface area contributed by atoms with E-state index in [1.54, 1.807) is 19.9 Å². The summed E-state index contributed by atoms with van der Waals surface area (Å²) in [5, 5.41) is 0.640. The highest BCUT2D eigenvalue weighted by Gasteiger charge is 2.22. The maximum absolute atomic E-state index is 11.3. The zero-order chi connectivity index (χ0) is 17.6. The lowest BCUT2D eigenvalue weighted by Gasteiger charge is -2.19. The minimum absolute atomic E-state index is 0.318. The molecule has 0 amide bonds. The number of hydrogen-bond donors (Lipinski definition) is 1. The van der Waals surface area contributed by atoms with Gasteiger partial charge in [-0.15, -0.1) is 0 Å². The molecule has 1 aromatic carbocycles. The first kappa shape index (κ1) is 20.0. The van der Waals surface area contributed by atoms with Gasteiger partial charge >= 0.3 is 5.97 Å². The summed E-state index contributed by atoms with van der Waals surface area (Å²) >= 11 is 12.8. The van der Waals surface area contributed by atoms with Crippen LogP contribution in [0, 0.1) is 6.92 Å². The van der Waals surface area contributed by atoms with Gasteiger partial charge in [-0.25, -0.2) is 4.79 Å². The highest BCUT2D eigenvalue weighted by Crippen LogP contribution is 2.66. The normalized spacial score (nSPS) is 15.0. The standard InChI is InChI=1S/C14H18ClN2O3PS2/c1-9-7-12(15)5-6-13(9)23-21(22,17-11(3)16)20-10(2)8-14(18)19-4/h5-8H,1-4H3,(H2,16,17,22). The number of nitrogens with two attached hydrogens (primary N) is 1. The smallest absolute Gasteiger partial charge is 0.333 e. The number of allylic oxidation sites excluding steroid dienone is 1. The zero-order valence-electron chi connectivity index (χ0n) is 13.2. The lowest BCUT2D eigenvalue weighted by Crippen LogP contribution is -2.05. The average Bonchev–Trinajstić information content (AvgIpc) is 2.40. The van der Waals surface area contributed by atoms with Crippen LogP contribution in [-0.2, 0) is 25.9 Å². The van der Waals surface area contributed by atoms with E-state index in [1.807, 2.05) is 19.1 Å². The Balaban J connectivity index is 3.13. The molecule has 9 heteroatoms. The molecule has 0 fully saturated rings. The number of ether oxygens (including phenoxy) is 1. The van der Waals surface area contributed by atoms with Crippen molar-refractivity contribution in [2.75, 3.05) is 7.11 Å². The first-order valence-corrected chi connectivity index (χ1v) is 11.0. The molecule has 0 saturated heterocycles. The summed E-state index contributed by atoms with van der Waals surface area (Å²) in [5.74, 6) is 0.118. The number of aryl methyl sites for hydroxylation is 1. The fraction of sp³-hybridized carbons (Fsp3) is 0.286. The molecule has 2 N–H and O–H groups in total. The SMILES string of the molecule is COC(=O)C=C(C)OP(=S)(N=C(C)N)Sc1ccc(Cl)cc1C. The second-order valence-electron chi connectivity index (χ2n) is 4.58. The van der Waals surface area contributed by atoms with E-state index in [4.69, 9.17) is 33.7 Å². The molecule has 0 saturated carbocycles. The van der Waals surface area contributed by atoms with Crippen LogP contribution in [-0.4, -0.2) is 18.9 Å². The van der Waals surface area contributed by atoms with Gasteiger partial charge in [-0.3, -0.25) is 0 Å². The molecule has 0 aliphatic rings. The van der Waals surface area contributed by atoms with Crippen LogP contribution in [0.3, 0.4) is 0 Å². The number of carbonyl (C=O) groups is 1. The van der Waals surface area contributed by atoms with E-state index in [1.165, 1.54) is 24.6 Å². The Labute approximate surface area is 150 Å². The van der Waals surface area contributed by atoms with Crippen LogP contribution < -0.4 is 5.73 Å². The largest absolute Gasteiger partial charge is 0.466 e. The van der Waals surface area contributed by atoms with Crippen molar-refractivity contribution in [3.05, 3.63) is 40.6 Å². The monoisotopic (exact) mass is 392 g/mol. The fourth-order valence-electron chi connectivity index (χ4n) is 1.53. The summed E-state index contributed by atoms with van der Waals surface area (Å²) in [7, 11) is 1.29. The first-order chi connectivity index (χ1) is 10.6. The van der Waals surface area contributed by atoms with E-state index < -0.39 is 11.6 Å². The van der Waals surface area contributed by atoms with Crippen molar-refractivity contribution in [2.45, 2.75) is 25.7 Å². The van der Waals surface area contributed by atoms with Gasteiger partial charge in [-0.05, 0) is 67.7 Å². The Morgan fingerprint density at radius 1 is 1.48 bits per heavy atom. The van der Waals surface area contributed by atoms with Gasteiger partial charge in [0, 0.05) is 9.92 Å². The van der Waals surface area contributed by atoms with E-state index in [0.717, 1.165) is 10.5 Å². The Bertz CT molecular complexity index is 703. The second kappa shape index (κ2) is 8.73. The van der Waals surface area contributed by atoms with Gasteiger partial charge in [0.25, 0.3) is 5.62 Å². The van der Waals surface area contributed by atoms with Gasteiger partial charge in [0.15, 0.2) is 0 Å². The molecule has 0 bridgehead atoms. The predicted octanol–water partition coefficient (Wildman–Crippen LogP) is 4.44. The molecule has 0 radical (unpaired) electrons. The van der Waals surface area contributed by atoms with E-state index in [-0.39, 0.29) is 0 Å². The second-order valence-corrected chi connectivity index (χ2v) is 11.2. The van der Waals surface area contributed by atoms with Gasteiger partial charge < -0.3 is 15.0 Å². The molecule has 0 aliphatic carbocycles. The number of carbonyl (C=O) groups excluding carboxylic acids is 1. The summed E-state index contributed by atoms with van der Waals surface area (Å²) in [6.45, 7) is 5.18. The summed E-state index contributed by atoms with van der Waals surface area (Å²) < 4.78 is 14.6. The van der Waals surface area contributed by atoms with Gasteiger partial charge in [0.05, 0.1) is 19.0 Å². The summed E-state index contributed by atoms with van der Waals surface area (Å²) in [4.78, 5) is 12.2. The van der Waals surface area contributed by atoms with E-state index in [0.29, 0.717) is 16.6 Å². The first-order valence-electron chi connectivity index (χ1n) is 6.49. The number of nitrogens with zero attached hydrogens (tertiary/aromatic N) is 1. The molecule has 0 heterocycles. The Morgan fingerprint density at radius 2 is 2.13 bits per heavy atom. The van der Waals surface area contributed by atoms with Crippen LogP contribution in [0.25, 0.3) is 0 Å². The quantitative estimate of drug-likeness (QED) is 0.193.